The van der Waals surface area contributed by atoms with Crippen molar-refractivity contribution in [2.45, 2.75) is 26.3 Å². The average Bonchev–Trinajstić information content (AvgIpc) is 3.07. The molecule has 0 aliphatic heterocycles. The number of halogens is 1. The van der Waals surface area contributed by atoms with Gasteiger partial charge in [-0.15, -0.1) is 0 Å². The summed E-state index contributed by atoms with van der Waals surface area (Å²) in [6.07, 6.45) is 6.06. The van der Waals surface area contributed by atoms with Gasteiger partial charge in [0, 0.05) is 44.2 Å². The van der Waals surface area contributed by atoms with Crippen LogP contribution in [-0.2, 0) is 24.8 Å². The van der Waals surface area contributed by atoms with Crippen molar-refractivity contribution in [1.82, 2.24) is 20.1 Å². The van der Waals surface area contributed by atoms with E-state index < -0.39 is 0 Å². The van der Waals surface area contributed by atoms with Gasteiger partial charge >= 0.3 is 0 Å². The first-order valence-electron chi connectivity index (χ1n) is 8.47. The van der Waals surface area contributed by atoms with Gasteiger partial charge in [-0.05, 0) is 48.2 Å². The zero-order valence-corrected chi connectivity index (χ0v) is 14.9. The van der Waals surface area contributed by atoms with Crippen LogP contribution in [0.2, 0.25) is 0 Å². The third-order valence-electron chi connectivity index (χ3n) is 4.28. The van der Waals surface area contributed by atoms with E-state index in [9.17, 15) is 9.18 Å². The SMILES string of the molecule is Cc1ccc(CCC(=O)NCc2cncc(-c3ccnn3C)c2)cc1F. The maximum absolute atomic E-state index is 13.5. The van der Waals surface area contributed by atoms with Crippen molar-refractivity contribution >= 4 is 5.91 Å². The molecule has 0 aliphatic rings. The fraction of sp³-hybridized carbons (Fsp3) is 0.250. The van der Waals surface area contributed by atoms with Crippen LogP contribution in [-0.4, -0.2) is 20.7 Å². The zero-order valence-electron chi connectivity index (χ0n) is 14.9. The molecule has 134 valence electrons. The van der Waals surface area contributed by atoms with Crippen LogP contribution in [0.4, 0.5) is 4.39 Å². The van der Waals surface area contributed by atoms with Crippen LogP contribution in [0.15, 0.2) is 48.9 Å². The lowest BCUT2D eigenvalue weighted by Gasteiger charge is -2.08. The topological polar surface area (TPSA) is 59.8 Å². The number of amides is 1. The number of nitrogens with one attached hydrogen (secondary N) is 1. The molecule has 0 radical (unpaired) electrons. The predicted molar refractivity (Wildman–Crippen MR) is 97.7 cm³/mol. The van der Waals surface area contributed by atoms with E-state index in [2.05, 4.69) is 15.4 Å². The van der Waals surface area contributed by atoms with Crippen molar-refractivity contribution in [3.8, 4) is 11.3 Å². The third kappa shape index (κ3) is 4.33. The summed E-state index contributed by atoms with van der Waals surface area (Å²) >= 11 is 0. The Labute approximate surface area is 151 Å². The number of carbonyl (C=O) groups excluding carboxylic acids is 1. The highest BCUT2D eigenvalue weighted by Crippen LogP contribution is 2.18. The molecular weight excluding hydrogens is 331 g/mol. The quantitative estimate of drug-likeness (QED) is 0.741. The van der Waals surface area contributed by atoms with Crippen molar-refractivity contribution < 1.29 is 9.18 Å². The first-order chi connectivity index (χ1) is 12.5. The normalized spacial score (nSPS) is 10.7. The van der Waals surface area contributed by atoms with Crippen LogP contribution in [0, 0.1) is 12.7 Å². The Morgan fingerprint density at radius 1 is 1.19 bits per heavy atom. The summed E-state index contributed by atoms with van der Waals surface area (Å²) in [6, 6.07) is 8.98. The van der Waals surface area contributed by atoms with Crippen molar-refractivity contribution in [2.24, 2.45) is 7.05 Å². The highest BCUT2D eigenvalue weighted by Gasteiger charge is 2.07. The Morgan fingerprint density at radius 3 is 2.77 bits per heavy atom. The predicted octanol–water partition coefficient (Wildman–Crippen LogP) is 3.18. The van der Waals surface area contributed by atoms with Gasteiger partial charge in [-0.25, -0.2) is 4.39 Å². The highest BCUT2D eigenvalue weighted by molar-refractivity contribution is 5.76. The van der Waals surface area contributed by atoms with E-state index >= 15 is 0 Å². The molecule has 1 N–H and O–H groups in total. The van der Waals surface area contributed by atoms with Crippen LogP contribution >= 0.6 is 0 Å². The molecular formula is C20H21FN4O. The van der Waals surface area contributed by atoms with Crippen LogP contribution in [0.25, 0.3) is 11.3 Å². The Hall–Kier alpha value is -3.02. The van der Waals surface area contributed by atoms with Gasteiger partial charge < -0.3 is 5.32 Å². The summed E-state index contributed by atoms with van der Waals surface area (Å²) in [6.45, 7) is 2.12. The van der Waals surface area contributed by atoms with Crippen LogP contribution < -0.4 is 5.32 Å². The maximum atomic E-state index is 13.5. The summed E-state index contributed by atoms with van der Waals surface area (Å²) in [7, 11) is 1.87. The number of nitrogens with zero attached hydrogens (tertiary/aromatic N) is 3. The van der Waals surface area contributed by atoms with Gasteiger partial charge in [-0.1, -0.05) is 12.1 Å². The monoisotopic (exact) mass is 352 g/mol. The molecule has 3 aromatic rings. The molecule has 2 aromatic heterocycles. The van der Waals surface area contributed by atoms with Gasteiger partial charge in [-0.3, -0.25) is 14.5 Å². The molecule has 0 saturated heterocycles. The second kappa shape index (κ2) is 7.91. The van der Waals surface area contributed by atoms with Gasteiger partial charge in [-0.2, -0.15) is 5.10 Å². The van der Waals surface area contributed by atoms with Gasteiger partial charge in [0.05, 0.1) is 5.69 Å². The summed E-state index contributed by atoms with van der Waals surface area (Å²) < 4.78 is 15.3. The molecule has 2 heterocycles. The molecule has 5 nitrogen and oxygen atoms in total. The minimum absolute atomic E-state index is 0.0723. The first-order valence-corrected chi connectivity index (χ1v) is 8.47. The zero-order chi connectivity index (χ0) is 18.5. The van der Waals surface area contributed by atoms with E-state index in [1.54, 1.807) is 36.3 Å². The standard InChI is InChI=1S/C20H21FN4O/c1-14-3-4-15(10-18(14)21)5-6-20(26)23-12-16-9-17(13-22-11-16)19-7-8-24-25(19)2/h3-4,7-11,13H,5-6,12H2,1-2H3,(H,23,26). The fourth-order valence-corrected chi connectivity index (χ4v) is 2.72. The molecule has 26 heavy (non-hydrogen) atoms. The number of rotatable bonds is 6. The second-order valence-electron chi connectivity index (χ2n) is 6.28. The molecule has 1 aromatic carbocycles. The number of benzene rings is 1. The smallest absolute Gasteiger partial charge is 0.220 e. The third-order valence-corrected chi connectivity index (χ3v) is 4.28. The molecule has 0 aliphatic carbocycles. The van der Waals surface area contributed by atoms with Crippen molar-refractivity contribution in [2.75, 3.05) is 0 Å². The van der Waals surface area contributed by atoms with Crippen LogP contribution in [0.1, 0.15) is 23.1 Å². The van der Waals surface area contributed by atoms with E-state index in [0.29, 0.717) is 24.9 Å². The highest BCUT2D eigenvalue weighted by atomic mass is 19.1. The number of hydrogen-bond donors (Lipinski definition) is 1. The molecule has 1 amide bonds. The van der Waals surface area contributed by atoms with Gasteiger partial charge in [0.25, 0.3) is 0 Å². The largest absolute Gasteiger partial charge is 0.352 e. The summed E-state index contributed by atoms with van der Waals surface area (Å²) in [5, 5.41) is 7.04. The molecule has 0 fully saturated rings. The molecule has 3 rings (SSSR count). The second-order valence-corrected chi connectivity index (χ2v) is 6.28. The number of pyridine rings is 1. The van der Waals surface area contributed by atoms with E-state index in [1.165, 1.54) is 6.07 Å². The lowest BCUT2D eigenvalue weighted by Crippen LogP contribution is -2.23. The maximum Gasteiger partial charge on any atom is 0.220 e. The van der Waals surface area contributed by atoms with Crippen molar-refractivity contribution in [3.05, 3.63) is 71.4 Å². The van der Waals surface area contributed by atoms with Gasteiger partial charge in [0.1, 0.15) is 5.82 Å². The molecule has 0 spiro atoms. The lowest BCUT2D eigenvalue weighted by atomic mass is 10.1. The van der Waals surface area contributed by atoms with Gasteiger partial charge in [0.15, 0.2) is 0 Å². The average molecular weight is 352 g/mol. The Kier molecular flexibility index (Phi) is 5.41. The molecule has 0 atom stereocenters. The molecule has 0 unspecified atom stereocenters. The van der Waals surface area contributed by atoms with E-state index in [0.717, 1.165) is 22.4 Å². The molecule has 0 saturated carbocycles. The van der Waals surface area contributed by atoms with E-state index in [4.69, 9.17) is 0 Å². The number of carbonyl (C=O) groups is 1. The van der Waals surface area contributed by atoms with Crippen LogP contribution in [0.3, 0.4) is 0 Å². The number of hydrogen-bond acceptors (Lipinski definition) is 3. The van der Waals surface area contributed by atoms with E-state index in [1.807, 2.05) is 25.2 Å². The molecule has 6 heteroatoms. The van der Waals surface area contributed by atoms with Crippen LogP contribution in [0.5, 0.6) is 0 Å². The summed E-state index contributed by atoms with van der Waals surface area (Å²) in [4.78, 5) is 16.3. The molecule has 0 bridgehead atoms. The minimum atomic E-state index is -0.235. The van der Waals surface area contributed by atoms with Crippen molar-refractivity contribution in [1.29, 1.82) is 0 Å². The Morgan fingerprint density at radius 2 is 2.04 bits per heavy atom. The van der Waals surface area contributed by atoms with Gasteiger partial charge in [0.2, 0.25) is 5.91 Å². The minimum Gasteiger partial charge on any atom is -0.352 e. The number of aryl methyl sites for hydroxylation is 3. The fourth-order valence-electron chi connectivity index (χ4n) is 2.72. The van der Waals surface area contributed by atoms with E-state index in [-0.39, 0.29) is 11.7 Å². The summed E-state index contributed by atoms with van der Waals surface area (Å²) in [5.74, 6) is -0.308. The van der Waals surface area contributed by atoms with Crippen molar-refractivity contribution in [3.63, 3.8) is 0 Å². The summed E-state index contributed by atoms with van der Waals surface area (Å²) in [5.41, 5.74) is 4.26. The Balaban J connectivity index is 1.54. The Bertz CT molecular complexity index is 920. The first kappa shape index (κ1) is 17.8. The number of aromatic nitrogens is 3. The lowest BCUT2D eigenvalue weighted by molar-refractivity contribution is -0.121.